The fourth-order valence-corrected chi connectivity index (χ4v) is 5.36. The Hall–Kier alpha value is -3.50. The van der Waals surface area contributed by atoms with E-state index < -0.39 is 12.1 Å². The third-order valence-corrected chi connectivity index (χ3v) is 7.17. The van der Waals surface area contributed by atoms with E-state index >= 15 is 0 Å². The highest BCUT2D eigenvalue weighted by molar-refractivity contribution is 6.41. The lowest BCUT2D eigenvalue weighted by Gasteiger charge is -2.20. The van der Waals surface area contributed by atoms with E-state index in [0.29, 0.717) is 51.4 Å². The predicted octanol–water partition coefficient (Wildman–Crippen LogP) is 4.54. The number of halogens is 2. The maximum Gasteiger partial charge on any atom is 0.404 e. The topological polar surface area (TPSA) is 126 Å². The summed E-state index contributed by atoms with van der Waals surface area (Å²) in [7, 11) is 6.40. The van der Waals surface area contributed by atoms with E-state index in [1.807, 2.05) is 18.2 Å². The number of benzene rings is 2. The van der Waals surface area contributed by atoms with E-state index in [4.69, 9.17) is 32.7 Å². The molecule has 1 aromatic heterocycles. The quantitative estimate of drug-likeness (QED) is 0.393. The highest BCUT2D eigenvalue weighted by Crippen LogP contribution is 2.46. The number of rotatable bonds is 7. The molecule has 1 heterocycles. The Balaban J connectivity index is 1.63. The van der Waals surface area contributed by atoms with E-state index in [9.17, 15) is 14.7 Å². The third kappa shape index (κ3) is 5.45. The molecular weight excluding hydrogens is 521 g/mol. The molecule has 2 aromatic carbocycles. The second-order valence-corrected chi connectivity index (χ2v) is 9.71. The molecule has 0 radical (unpaired) electrons. The van der Waals surface area contributed by atoms with Gasteiger partial charge in [0.2, 0.25) is 11.9 Å². The number of carbonyl (C=O) groups excluding carboxylic acids is 1. The van der Waals surface area contributed by atoms with Gasteiger partial charge < -0.3 is 30.1 Å². The first-order chi connectivity index (χ1) is 17.6. The average molecular weight is 548 g/mol. The van der Waals surface area contributed by atoms with Gasteiger partial charge in [-0.1, -0.05) is 29.3 Å². The van der Waals surface area contributed by atoms with Gasteiger partial charge in [0.25, 0.3) is 0 Å². The number of carbonyl (C=O) groups is 2. The van der Waals surface area contributed by atoms with Crippen molar-refractivity contribution in [2.24, 2.45) is 5.92 Å². The lowest BCUT2D eigenvalue weighted by molar-refractivity contribution is -0.132. The van der Waals surface area contributed by atoms with Crippen LogP contribution in [0.1, 0.15) is 12.8 Å². The van der Waals surface area contributed by atoms with E-state index in [0.717, 1.165) is 10.9 Å². The predicted molar refractivity (Wildman–Crippen MR) is 142 cm³/mol. The molecule has 3 aromatic rings. The highest BCUT2D eigenvalue weighted by Gasteiger charge is 2.39. The molecule has 1 saturated carbocycles. The van der Waals surface area contributed by atoms with Gasteiger partial charge in [0.15, 0.2) is 0 Å². The summed E-state index contributed by atoms with van der Waals surface area (Å²) in [6, 6.07) is 6.34. The van der Waals surface area contributed by atoms with Gasteiger partial charge in [0, 0.05) is 43.2 Å². The van der Waals surface area contributed by atoms with Gasteiger partial charge in [-0.3, -0.25) is 4.79 Å². The van der Waals surface area contributed by atoms with Crippen molar-refractivity contribution < 1.29 is 24.2 Å². The molecule has 12 heteroatoms. The minimum absolute atomic E-state index is 0.0417. The molecule has 0 saturated heterocycles. The number of hydrogen-bond donors (Lipinski definition) is 3. The molecule has 4 rings (SSSR count). The second kappa shape index (κ2) is 10.9. The number of methoxy groups -OCH3 is 2. The van der Waals surface area contributed by atoms with E-state index in [1.165, 1.54) is 19.1 Å². The molecule has 1 aliphatic carbocycles. The summed E-state index contributed by atoms with van der Waals surface area (Å²) in [5.74, 6) is 0.850. The summed E-state index contributed by atoms with van der Waals surface area (Å²) >= 11 is 13.1. The van der Waals surface area contributed by atoms with Crippen LogP contribution in [0.15, 0.2) is 30.5 Å². The van der Waals surface area contributed by atoms with Crippen LogP contribution in [0.25, 0.3) is 22.0 Å². The van der Waals surface area contributed by atoms with Crippen molar-refractivity contribution in [1.29, 1.82) is 0 Å². The Morgan fingerprint density at radius 1 is 1.05 bits per heavy atom. The lowest BCUT2D eigenvalue weighted by Crippen LogP contribution is -2.43. The lowest BCUT2D eigenvalue weighted by atomic mass is 10.0. The fourth-order valence-electron chi connectivity index (χ4n) is 4.65. The summed E-state index contributed by atoms with van der Waals surface area (Å²) in [5, 5.41) is 16.4. The highest BCUT2D eigenvalue weighted by atomic mass is 35.5. The normalized spacial score (nSPS) is 18.9. The number of fused-ring (bicyclic) bond motifs is 1. The van der Waals surface area contributed by atoms with Crippen molar-refractivity contribution in [1.82, 2.24) is 20.2 Å². The number of amides is 2. The minimum atomic E-state index is -1.15. The average Bonchev–Trinajstić information content (AvgIpc) is 3.24. The molecule has 2 amide bonds. The van der Waals surface area contributed by atoms with Gasteiger partial charge in [-0.25, -0.2) is 14.8 Å². The number of carboxylic acid groups (broad SMARTS) is 1. The molecule has 0 spiro atoms. The molecular formula is C25H27Cl2N5O5. The monoisotopic (exact) mass is 547 g/mol. The fraction of sp³-hybridized carbons (Fsp3) is 0.360. The SMILES string of the molecule is COc1cc(OC)c(Cl)c(-c2ccc3nc(N[C@@H]4C[C@@H](C(=O)N(C)C)C[C@@H]4NC(=O)O)ncc3c2)c1Cl. The molecule has 1 aliphatic rings. The second-order valence-electron chi connectivity index (χ2n) is 8.96. The number of hydrogen-bond acceptors (Lipinski definition) is 7. The van der Waals surface area contributed by atoms with Crippen LogP contribution in [-0.2, 0) is 4.79 Å². The van der Waals surface area contributed by atoms with Crippen molar-refractivity contribution in [3.05, 3.63) is 40.5 Å². The molecule has 0 bridgehead atoms. The summed E-state index contributed by atoms with van der Waals surface area (Å²) in [6.45, 7) is 0. The van der Waals surface area contributed by atoms with Gasteiger partial charge in [-0.05, 0) is 30.5 Å². The summed E-state index contributed by atoms with van der Waals surface area (Å²) < 4.78 is 10.7. The van der Waals surface area contributed by atoms with Crippen LogP contribution in [0.4, 0.5) is 10.7 Å². The molecule has 3 N–H and O–H groups in total. The van der Waals surface area contributed by atoms with Crippen molar-refractivity contribution >= 4 is 52.1 Å². The Morgan fingerprint density at radius 2 is 1.70 bits per heavy atom. The number of nitrogens with zero attached hydrogens (tertiary/aromatic N) is 3. The number of anilines is 1. The smallest absolute Gasteiger partial charge is 0.404 e. The molecule has 10 nitrogen and oxygen atoms in total. The number of nitrogens with one attached hydrogen (secondary N) is 2. The number of aromatic nitrogens is 2. The van der Waals surface area contributed by atoms with Crippen LogP contribution in [0.5, 0.6) is 11.5 Å². The maximum absolute atomic E-state index is 12.5. The van der Waals surface area contributed by atoms with Gasteiger partial charge in [-0.2, -0.15) is 0 Å². The van der Waals surface area contributed by atoms with Crippen LogP contribution in [-0.4, -0.2) is 72.4 Å². The minimum Gasteiger partial charge on any atom is -0.495 e. The first kappa shape index (κ1) is 26.6. The standard InChI is InChI=1S/C25H27Cl2N5O5/c1-32(2)23(33)13-8-16(17(9-13)31-25(34)35)30-24-28-11-14-7-12(5-6-15(14)29-24)20-21(26)18(36-3)10-19(37-4)22(20)27/h5-7,10-11,13,16-17,31H,8-9H2,1-4H3,(H,34,35)(H,28,29,30)/t13-,16-,17+/m1/s1. The maximum atomic E-state index is 12.5. The van der Waals surface area contributed by atoms with Crippen LogP contribution in [0.2, 0.25) is 10.0 Å². The van der Waals surface area contributed by atoms with Gasteiger partial charge in [-0.15, -0.1) is 0 Å². The van der Waals surface area contributed by atoms with Crippen LogP contribution >= 0.6 is 23.2 Å². The first-order valence-electron chi connectivity index (χ1n) is 11.5. The zero-order chi connectivity index (χ0) is 26.9. The molecule has 0 aliphatic heterocycles. The first-order valence-corrected chi connectivity index (χ1v) is 12.2. The summed E-state index contributed by atoms with van der Waals surface area (Å²) in [6.07, 6.45) is 1.36. The summed E-state index contributed by atoms with van der Waals surface area (Å²) in [4.78, 5) is 34.3. The van der Waals surface area contributed by atoms with Gasteiger partial charge in [0.1, 0.15) is 11.5 Å². The molecule has 196 valence electrons. The summed E-state index contributed by atoms with van der Waals surface area (Å²) in [5.41, 5.74) is 1.95. The van der Waals surface area contributed by atoms with Crippen LogP contribution in [0.3, 0.4) is 0 Å². The van der Waals surface area contributed by atoms with Crippen LogP contribution < -0.4 is 20.1 Å². The number of ether oxygens (including phenoxy) is 2. The van der Waals surface area contributed by atoms with Gasteiger partial charge >= 0.3 is 6.09 Å². The third-order valence-electron chi connectivity index (χ3n) is 6.42. The zero-order valence-electron chi connectivity index (χ0n) is 20.7. The molecule has 3 atom stereocenters. The van der Waals surface area contributed by atoms with Gasteiger partial charge in [0.05, 0.1) is 41.9 Å². The molecule has 37 heavy (non-hydrogen) atoms. The Labute approximate surface area is 223 Å². The van der Waals surface area contributed by atoms with Crippen molar-refractivity contribution in [3.63, 3.8) is 0 Å². The molecule has 0 unspecified atom stereocenters. The largest absolute Gasteiger partial charge is 0.495 e. The molecule has 1 fully saturated rings. The Morgan fingerprint density at radius 3 is 2.30 bits per heavy atom. The van der Waals surface area contributed by atoms with Crippen LogP contribution in [0, 0.1) is 5.92 Å². The van der Waals surface area contributed by atoms with E-state index in [2.05, 4.69) is 20.6 Å². The van der Waals surface area contributed by atoms with Crippen molar-refractivity contribution in [2.45, 2.75) is 24.9 Å². The Bertz CT molecular complexity index is 1320. The Kier molecular flexibility index (Phi) is 7.79. The van der Waals surface area contributed by atoms with Crippen molar-refractivity contribution in [3.8, 4) is 22.6 Å². The zero-order valence-corrected chi connectivity index (χ0v) is 22.2. The van der Waals surface area contributed by atoms with Crippen molar-refractivity contribution in [2.75, 3.05) is 33.6 Å². The van der Waals surface area contributed by atoms with E-state index in [-0.39, 0.29) is 17.9 Å². The van der Waals surface area contributed by atoms with E-state index in [1.54, 1.807) is 26.4 Å².